The van der Waals surface area contributed by atoms with Gasteiger partial charge in [-0.3, -0.25) is 5.43 Å². The summed E-state index contributed by atoms with van der Waals surface area (Å²) in [7, 11) is 2.86. The monoisotopic (exact) mass is 582 g/mol. The molecule has 0 aromatic heterocycles. The minimum absolute atomic E-state index is 0.151. The van der Waals surface area contributed by atoms with Crippen molar-refractivity contribution in [2.45, 2.75) is 39.5 Å². The molecule has 0 spiro atoms. The number of hydrogen-bond acceptors (Lipinski definition) is 10. The van der Waals surface area contributed by atoms with Gasteiger partial charge in [0.15, 0.2) is 29.2 Å². The molecule has 3 rings (SSSR count). The number of esters is 1. The number of carbonyl (C=O) groups is 2. The first kappa shape index (κ1) is 31.8. The standard InChI is InChI=1S/C30H38N4O8/c1-7-10-21-13-19(14-24(41-9-3)28(21)38-5)16-31-34-25(35)17-42-22-12-11-20(15-23(22)40-8-2)27-26(29(36)39-6)18(4)32-30(37)33-27/h7,11-16,25,27,34-35H,1,8-10,17H2,2-6H3,(H2,32,33,37)/b31-16-/t25-,27+/m1/s1. The molecule has 0 bridgehead atoms. The van der Waals surface area contributed by atoms with E-state index in [0.29, 0.717) is 53.9 Å². The first-order valence-corrected chi connectivity index (χ1v) is 13.4. The summed E-state index contributed by atoms with van der Waals surface area (Å²) >= 11 is 0. The number of urea groups is 1. The number of nitrogens with one attached hydrogen (secondary N) is 3. The highest BCUT2D eigenvalue weighted by molar-refractivity contribution is 5.95. The van der Waals surface area contributed by atoms with E-state index in [-0.39, 0.29) is 12.2 Å². The summed E-state index contributed by atoms with van der Waals surface area (Å²) in [5.41, 5.74) is 5.52. The van der Waals surface area contributed by atoms with Crippen molar-refractivity contribution in [3.8, 4) is 23.0 Å². The molecule has 2 amide bonds. The van der Waals surface area contributed by atoms with E-state index >= 15 is 0 Å². The van der Waals surface area contributed by atoms with Gasteiger partial charge in [-0.25, -0.2) is 9.59 Å². The molecule has 4 N–H and O–H groups in total. The van der Waals surface area contributed by atoms with Gasteiger partial charge in [0, 0.05) is 11.3 Å². The number of hydrogen-bond donors (Lipinski definition) is 4. The van der Waals surface area contributed by atoms with Gasteiger partial charge < -0.3 is 39.4 Å². The topological polar surface area (TPSA) is 149 Å². The fourth-order valence-electron chi connectivity index (χ4n) is 4.38. The molecule has 2 atom stereocenters. The van der Waals surface area contributed by atoms with E-state index in [1.54, 1.807) is 50.6 Å². The third kappa shape index (κ3) is 7.94. The Morgan fingerprint density at radius 3 is 2.52 bits per heavy atom. The van der Waals surface area contributed by atoms with Gasteiger partial charge in [-0.2, -0.15) is 5.10 Å². The molecule has 12 heteroatoms. The van der Waals surface area contributed by atoms with Crippen LogP contribution >= 0.6 is 0 Å². The van der Waals surface area contributed by atoms with Crippen LogP contribution in [0.4, 0.5) is 4.79 Å². The molecule has 42 heavy (non-hydrogen) atoms. The second-order valence-corrected chi connectivity index (χ2v) is 9.05. The van der Waals surface area contributed by atoms with Crippen molar-refractivity contribution in [3.63, 3.8) is 0 Å². The summed E-state index contributed by atoms with van der Waals surface area (Å²) in [6.07, 6.45) is 2.77. The van der Waals surface area contributed by atoms with E-state index in [1.807, 2.05) is 19.9 Å². The van der Waals surface area contributed by atoms with Crippen LogP contribution in [0.15, 0.2) is 59.4 Å². The van der Waals surface area contributed by atoms with Crippen LogP contribution < -0.4 is 35.0 Å². The average molecular weight is 583 g/mol. The number of amides is 2. The van der Waals surface area contributed by atoms with Gasteiger partial charge in [-0.1, -0.05) is 12.1 Å². The van der Waals surface area contributed by atoms with Crippen LogP contribution in [-0.2, 0) is 16.0 Å². The van der Waals surface area contributed by atoms with Crippen molar-refractivity contribution in [1.29, 1.82) is 0 Å². The van der Waals surface area contributed by atoms with Gasteiger partial charge in [0.2, 0.25) is 0 Å². The molecule has 12 nitrogen and oxygen atoms in total. The molecule has 0 saturated heterocycles. The summed E-state index contributed by atoms with van der Waals surface area (Å²) in [5.74, 6) is 1.39. The molecular weight excluding hydrogens is 544 g/mol. The predicted octanol–water partition coefficient (Wildman–Crippen LogP) is 3.34. The zero-order valence-corrected chi connectivity index (χ0v) is 24.5. The van der Waals surface area contributed by atoms with Crippen molar-refractivity contribution in [2.75, 3.05) is 34.0 Å². The molecule has 2 aromatic carbocycles. The van der Waals surface area contributed by atoms with Gasteiger partial charge in [-0.05, 0) is 62.6 Å². The molecule has 0 unspecified atom stereocenters. The van der Waals surface area contributed by atoms with Crippen LogP contribution in [0.5, 0.6) is 23.0 Å². The number of aliphatic hydroxyl groups excluding tert-OH is 1. The third-order valence-electron chi connectivity index (χ3n) is 6.13. The maximum atomic E-state index is 12.4. The number of nitrogens with zero attached hydrogens (tertiary/aromatic N) is 1. The lowest BCUT2D eigenvalue weighted by molar-refractivity contribution is -0.136. The van der Waals surface area contributed by atoms with Crippen LogP contribution in [0.1, 0.15) is 43.5 Å². The largest absolute Gasteiger partial charge is 0.493 e. The second kappa shape index (κ2) is 15.3. The SMILES string of the molecule is C=CCc1cc(/C=N\N[C@H](O)COc2ccc([C@@H]3NC(=O)NC(C)=C3C(=O)OC)cc2OCC)cc(OCC)c1OC. The summed E-state index contributed by atoms with van der Waals surface area (Å²) in [4.78, 5) is 24.6. The van der Waals surface area contributed by atoms with E-state index in [9.17, 15) is 14.7 Å². The molecule has 0 radical (unpaired) electrons. The Morgan fingerprint density at radius 1 is 1.12 bits per heavy atom. The number of rotatable bonds is 15. The summed E-state index contributed by atoms with van der Waals surface area (Å²) in [6.45, 7) is 9.78. The molecule has 226 valence electrons. The Balaban J connectivity index is 1.72. The highest BCUT2D eigenvalue weighted by atomic mass is 16.5. The fraction of sp³-hybridized carbons (Fsp3) is 0.367. The lowest BCUT2D eigenvalue weighted by atomic mass is 9.95. The Kier molecular flexibility index (Phi) is 11.6. The number of benzene rings is 2. The van der Waals surface area contributed by atoms with Crippen molar-refractivity contribution >= 4 is 18.2 Å². The Hall–Kier alpha value is -4.71. The van der Waals surface area contributed by atoms with Crippen LogP contribution in [0.25, 0.3) is 0 Å². The lowest BCUT2D eigenvalue weighted by Crippen LogP contribution is -2.45. The van der Waals surface area contributed by atoms with Crippen molar-refractivity contribution < 1.29 is 38.4 Å². The number of carbonyl (C=O) groups excluding carboxylic acids is 2. The minimum atomic E-state index is -1.15. The molecule has 1 aliphatic heterocycles. The highest BCUT2D eigenvalue weighted by Crippen LogP contribution is 2.35. The van der Waals surface area contributed by atoms with E-state index in [1.165, 1.54) is 7.11 Å². The zero-order valence-electron chi connectivity index (χ0n) is 24.5. The molecule has 2 aromatic rings. The van der Waals surface area contributed by atoms with E-state index in [4.69, 9.17) is 23.7 Å². The first-order valence-electron chi connectivity index (χ1n) is 13.4. The van der Waals surface area contributed by atoms with Crippen LogP contribution in [0.3, 0.4) is 0 Å². The van der Waals surface area contributed by atoms with Crippen molar-refractivity contribution in [3.05, 3.63) is 70.9 Å². The lowest BCUT2D eigenvalue weighted by Gasteiger charge is -2.28. The normalized spacial score (nSPS) is 15.4. The number of allylic oxidation sites excluding steroid dienone is 2. The molecule has 1 heterocycles. The van der Waals surface area contributed by atoms with Gasteiger partial charge in [0.1, 0.15) is 6.61 Å². The van der Waals surface area contributed by atoms with E-state index < -0.39 is 24.3 Å². The predicted molar refractivity (Wildman–Crippen MR) is 157 cm³/mol. The fourth-order valence-corrected chi connectivity index (χ4v) is 4.38. The molecule has 0 aliphatic carbocycles. The zero-order chi connectivity index (χ0) is 30.6. The number of hydrazone groups is 1. The average Bonchev–Trinajstić information content (AvgIpc) is 2.96. The Bertz CT molecular complexity index is 1340. The van der Waals surface area contributed by atoms with Crippen LogP contribution in [0.2, 0.25) is 0 Å². The number of ether oxygens (including phenoxy) is 5. The molecule has 0 fully saturated rings. The smallest absolute Gasteiger partial charge is 0.337 e. The second-order valence-electron chi connectivity index (χ2n) is 9.05. The highest BCUT2D eigenvalue weighted by Gasteiger charge is 2.32. The summed E-state index contributed by atoms with van der Waals surface area (Å²) < 4.78 is 27.7. The maximum Gasteiger partial charge on any atom is 0.337 e. The quantitative estimate of drug-likeness (QED) is 0.0816. The Labute approximate surface area is 245 Å². The summed E-state index contributed by atoms with van der Waals surface area (Å²) in [6, 6.07) is 7.51. The van der Waals surface area contributed by atoms with E-state index in [2.05, 4.69) is 27.7 Å². The molecule has 0 saturated carbocycles. The number of methoxy groups -OCH3 is 2. The summed E-state index contributed by atoms with van der Waals surface area (Å²) in [5, 5.41) is 19.9. The van der Waals surface area contributed by atoms with Gasteiger partial charge in [0.05, 0.1) is 45.3 Å². The van der Waals surface area contributed by atoms with Crippen molar-refractivity contribution in [2.24, 2.45) is 5.10 Å². The maximum absolute atomic E-state index is 12.4. The molecular formula is C30H38N4O8. The van der Waals surface area contributed by atoms with Gasteiger partial charge >= 0.3 is 12.0 Å². The Morgan fingerprint density at radius 2 is 1.86 bits per heavy atom. The van der Waals surface area contributed by atoms with Gasteiger partial charge in [0.25, 0.3) is 0 Å². The van der Waals surface area contributed by atoms with Gasteiger partial charge in [-0.15, -0.1) is 6.58 Å². The van der Waals surface area contributed by atoms with Crippen molar-refractivity contribution in [1.82, 2.24) is 16.1 Å². The first-order chi connectivity index (χ1) is 20.3. The third-order valence-corrected chi connectivity index (χ3v) is 6.13. The minimum Gasteiger partial charge on any atom is -0.493 e. The van der Waals surface area contributed by atoms with Crippen LogP contribution in [-0.4, -0.2) is 63.6 Å². The van der Waals surface area contributed by atoms with E-state index in [0.717, 1.165) is 11.1 Å². The molecule has 1 aliphatic rings. The van der Waals surface area contributed by atoms with Crippen LogP contribution in [0, 0.1) is 0 Å². The number of aliphatic hydroxyl groups is 1.